The molecule has 2 heterocycles. The molecule has 3 aromatic rings. The summed E-state index contributed by atoms with van der Waals surface area (Å²) in [7, 11) is -1.39. The monoisotopic (exact) mass is 426 g/mol. The number of nitrogens with one attached hydrogen (secondary N) is 1. The van der Waals surface area contributed by atoms with E-state index >= 15 is 0 Å². The fourth-order valence-corrected chi connectivity index (χ4v) is 4.10. The molecule has 1 N–H and O–H groups in total. The lowest BCUT2D eigenvalue weighted by Crippen LogP contribution is -2.28. The lowest BCUT2D eigenvalue weighted by atomic mass is 10.1. The van der Waals surface area contributed by atoms with Crippen LogP contribution in [-0.4, -0.2) is 27.6 Å². The quantitative estimate of drug-likeness (QED) is 0.624. The zero-order chi connectivity index (χ0) is 21.1. The molecule has 0 spiro atoms. The van der Waals surface area contributed by atoms with Crippen molar-refractivity contribution in [2.24, 2.45) is 0 Å². The number of carbonyl (C=O) groups is 1. The van der Waals surface area contributed by atoms with E-state index in [9.17, 15) is 9.00 Å². The Hall–Kier alpha value is -3.13. The summed E-state index contributed by atoms with van der Waals surface area (Å²) < 4.78 is 28.8. The van der Waals surface area contributed by atoms with Gasteiger partial charge >= 0.3 is 0 Å². The Labute approximate surface area is 176 Å². The highest BCUT2D eigenvalue weighted by Gasteiger charge is 2.17. The zero-order valence-corrected chi connectivity index (χ0v) is 17.6. The number of amides is 1. The highest BCUT2D eigenvalue weighted by molar-refractivity contribution is 7.84. The first-order chi connectivity index (χ1) is 14.5. The van der Waals surface area contributed by atoms with Crippen LogP contribution in [0.5, 0.6) is 11.5 Å². The first kappa shape index (κ1) is 20.2. The highest BCUT2D eigenvalue weighted by Crippen LogP contribution is 2.32. The summed E-state index contributed by atoms with van der Waals surface area (Å²) in [6, 6.07) is 13.3. The molecule has 4 rings (SSSR count). The van der Waals surface area contributed by atoms with Gasteiger partial charge in [-0.3, -0.25) is 9.00 Å². The minimum absolute atomic E-state index is 0.100. The van der Waals surface area contributed by atoms with E-state index in [0.717, 1.165) is 16.7 Å². The summed E-state index contributed by atoms with van der Waals surface area (Å²) >= 11 is 0. The van der Waals surface area contributed by atoms with Gasteiger partial charge in [-0.05, 0) is 43.7 Å². The summed E-state index contributed by atoms with van der Waals surface area (Å²) in [6.45, 7) is 4.33. The molecule has 1 amide bonds. The smallest absolute Gasteiger partial charge is 0.232 e. The third-order valence-corrected chi connectivity index (χ3v) is 5.89. The zero-order valence-electron chi connectivity index (χ0n) is 16.8. The fourth-order valence-electron chi connectivity index (χ4n) is 3.03. The molecule has 0 saturated heterocycles. The molecule has 30 heavy (non-hydrogen) atoms. The number of carbonyl (C=O) groups excluding carboxylic acids is 1. The van der Waals surface area contributed by atoms with Gasteiger partial charge in [-0.1, -0.05) is 23.8 Å². The van der Waals surface area contributed by atoms with Gasteiger partial charge in [0.2, 0.25) is 18.6 Å². The Bertz CT molecular complexity index is 1090. The number of aromatic nitrogens is 1. The average Bonchev–Trinajstić information content (AvgIpc) is 3.33. The van der Waals surface area contributed by atoms with E-state index in [-0.39, 0.29) is 24.2 Å². The van der Waals surface area contributed by atoms with Crippen molar-refractivity contribution in [3.8, 4) is 23.0 Å². The topological polar surface area (TPSA) is 90.7 Å². The Kier molecular flexibility index (Phi) is 5.85. The molecular formula is C22H22N2O5S. The molecule has 8 heteroatoms. The molecule has 7 nitrogen and oxygen atoms in total. The van der Waals surface area contributed by atoms with Crippen LogP contribution in [0.25, 0.3) is 11.5 Å². The second-order valence-electron chi connectivity index (χ2n) is 7.08. The number of rotatable bonds is 7. The van der Waals surface area contributed by atoms with Gasteiger partial charge in [-0.2, -0.15) is 0 Å². The largest absolute Gasteiger partial charge is 0.454 e. The second kappa shape index (κ2) is 8.71. The minimum Gasteiger partial charge on any atom is -0.454 e. The van der Waals surface area contributed by atoms with Gasteiger partial charge in [0.1, 0.15) is 11.5 Å². The molecule has 1 aliphatic rings. The molecular weight excluding hydrogens is 404 g/mol. The van der Waals surface area contributed by atoms with Crippen molar-refractivity contribution in [1.29, 1.82) is 0 Å². The SMILES string of the molecule is Cc1ccc(-c2nc(C[S@@](=O)CC(=O)NCc3ccc4c(c3)OCO4)c(C)o2)cc1. The molecule has 0 radical (unpaired) electrons. The third kappa shape index (κ3) is 4.71. The van der Waals surface area contributed by atoms with Crippen molar-refractivity contribution in [2.75, 3.05) is 12.5 Å². The van der Waals surface area contributed by atoms with Gasteiger partial charge in [-0.25, -0.2) is 4.98 Å². The van der Waals surface area contributed by atoms with Crippen molar-refractivity contribution in [3.05, 3.63) is 65.0 Å². The Balaban J connectivity index is 1.31. The van der Waals surface area contributed by atoms with Crippen LogP contribution in [0.15, 0.2) is 46.9 Å². The fraction of sp³-hybridized carbons (Fsp3) is 0.273. The highest BCUT2D eigenvalue weighted by atomic mass is 32.2. The van der Waals surface area contributed by atoms with Crippen LogP contribution in [0.3, 0.4) is 0 Å². The summed E-state index contributed by atoms with van der Waals surface area (Å²) in [5, 5.41) is 2.79. The Morgan fingerprint density at radius 2 is 1.87 bits per heavy atom. The predicted molar refractivity (Wildman–Crippen MR) is 113 cm³/mol. The number of ether oxygens (including phenoxy) is 2. The van der Waals surface area contributed by atoms with Gasteiger partial charge in [-0.15, -0.1) is 0 Å². The number of fused-ring (bicyclic) bond motifs is 1. The van der Waals surface area contributed by atoms with Crippen LogP contribution >= 0.6 is 0 Å². The number of benzene rings is 2. The molecule has 0 saturated carbocycles. The van der Waals surface area contributed by atoms with Crippen LogP contribution in [0.4, 0.5) is 0 Å². The Morgan fingerprint density at radius 3 is 2.67 bits per heavy atom. The first-order valence-corrected chi connectivity index (χ1v) is 11.0. The average molecular weight is 426 g/mol. The van der Waals surface area contributed by atoms with E-state index in [1.807, 2.05) is 43.3 Å². The van der Waals surface area contributed by atoms with Crippen LogP contribution in [0.1, 0.15) is 22.6 Å². The van der Waals surface area contributed by atoms with Gasteiger partial charge in [0, 0.05) is 22.9 Å². The van der Waals surface area contributed by atoms with Crippen molar-refractivity contribution < 1.29 is 22.9 Å². The molecule has 156 valence electrons. The van der Waals surface area contributed by atoms with Gasteiger partial charge in [0.15, 0.2) is 11.5 Å². The number of aryl methyl sites for hydroxylation is 2. The first-order valence-electron chi connectivity index (χ1n) is 9.51. The van der Waals surface area contributed by atoms with Gasteiger partial charge < -0.3 is 19.2 Å². The lowest BCUT2D eigenvalue weighted by molar-refractivity contribution is -0.118. The summed E-state index contributed by atoms with van der Waals surface area (Å²) in [5.74, 6) is 2.24. The maximum absolute atomic E-state index is 12.5. The Morgan fingerprint density at radius 1 is 1.10 bits per heavy atom. The number of hydrogen-bond donors (Lipinski definition) is 1. The molecule has 0 fully saturated rings. The summed E-state index contributed by atoms with van der Waals surface area (Å²) in [5.41, 5.74) is 3.50. The van der Waals surface area contributed by atoms with Crippen molar-refractivity contribution in [3.63, 3.8) is 0 Å². The maximum Gasteiger partial charge on any atom is 0.232 e. The number of hydrogen-bond acceptors (Lipinski definition) is 6. The van der Waals surface area contributed by atoms with E-state index in [1.165, 1.54) is 0 Å². The minimum atomic E-state index is -1.39. The molecule has 2 aromatic carbocycles. The lowest BCUT2D eigenvalue weighted by Gasteiger charge is -2.06. The van der Waals surface area contributed by atoms with Crippen LogP contribution in [0, 0.1) is 13.8 Å². The molecule has 1 atom stereocenters. The predicted octanol–water partition coefficient (Wildman–Crippen LogP) is 3.25. The van der Waals surface area contributed by atoms with E-state index in [0.29, 0.717) is 35.4 Å². The van der Waals surface area contributed by atoms with E-state index in [4.69, 9.17) is 13.9 Å². The van der Waals surface area contributed by atoms with Gasteiger partial charge in [0.25, 0.3) is 0 Å². The standard InChI is InChI=1S/C22H22N2O5S/c1-14-3-6-17(7-4-14)22-24-18(15(2)29-22)11-30(26)12-21(25)23-10-16-5-8-19-20(9-16)28-13-27-19/h3-9H,10-13H2,1-2H3,(H,23,25)/t30-/m1/s1. The molecule has 1 aromatic heterocycles. The maximum atomic E-state index is 12.5. The van der Waals surface area contributed by atoms with E-state index in [1.54, 1.807) is 13.0 Å². The van der Waals surface area contributed by atoms with Crippen molar-refractivity contribution in [2.45, 2.75) is 26.1 Å². The number of oxazole rings is 1. The van der Waals surface area contributed by atoms with Crippen molar-refractivity contribution in [1.82, 2.24) is 10.3 Å². The molecule has 0 unspecified atom stereocenters. The number of nitrogens with zero attached hydrogens (tertiary/aromatic N) is 1. The van der Waals surface area contributed by atoms with Crippen LogP contribution in [0.2, 0.25) is 0 Å². The molecule has 0 aliphatic carbocycles. The third-order valence-electron chi connectivity index (χ3n) is 4.71. The molecule has 1 aliphatic heterocycles. The molecule has 0 bridgehead atoms. The van der Waals surface area contributed by atoms with Crippen molar-refractivity contribution >= 4 is 16.7 Å². The van der Waals surface area contributed by atoms with Crippen LogP contribution in [-0.2, 0) is 27.9 Å². The van der Waals surface area contributed by atoms with Gasteiger partial charge in [0.05, 0.1) is 11.4 Å². The second-order valence-corrected chi connectivity index (χ2v) is 8.54. The van der Waals surface area contributed by atoms with E-state index < -0.39 is 10.8 Å². The normalized spacial score (nSPS) is 13.3. The summed E-state index contributed by atoms with van der Waals surface area (Å²) in [6.07, 6.45) is 0. The van der Waals surface area contributed by atoms with Crippen LogP contribution < -0.4 is 14.8 Å². The van der Waals surface area contributed by atoms with E-state index in [2.05, 4.69) is 10.3 Å². The summed E-state index contributed by atoms with van der Waals surface area (Å²) in [4.78, 5) is 16.7.